The maximum atomic E-state index is 12.1. The summed E-state index contributed by atoms with van der Waals surface area (Å²) in [5, 5.41) is 18.7. The third kappa shape index (κ3) is 6.93. The molecule has 0 atom stereocenters. The number of hydrogen-bond acceptors (Lipinski definition) is 6. The van der Waals surface area contributed by atoms with Crippen molar-refractivity contribution in [3.63, 3.8) is 0 Å². The number of nitrogens with zero attached hydrogens (tertiary/aromatic N) is 1. The van der Waals surface area contributed by atoms with Crippen LogP contribution in [-0.4, -0.2) is 47.3 Å². The molecule has 7 heteroatoms. The highest BCUT2D eigenvalue weighted by Gasteiger charge is 2.25. The van der Waals surface area contributed by atoms with Crippen molar-refractivity contribution in [3.8, 4) is 0 Å². The summed E-state index contributed by atoms with van der Waals surface area (Å²) in [4.78, 5) is 38.1. The Morgan fingerprint density at radius 1 is 1.08 bits per heavy atom. The Balaban J connectivity index is 2.64. The zero-order chi connectivity index (χ0) is 17.9. The first-order valence-electron chi connectivity index (χ1n) is 8.23. The lowest BCUT2D eigenvalue weighted by atomic mass is 9.89. The summed E-state index contributed by atoms with van der Waals surface area (Å²) in [5.41, 5.74) is 0.836. The van der Waals surface area contributed by atoms with Gasteiger partial charge >= 0.3 is 11.9 Å². The Labute approximate surface area is 141 Å². The van der Waals surface area contributed by atoms with E-state index in [9.17, 15) is 19.5 Å². The molecule has 0 aromatic carbocycles. The molecule has 0 unspecified atom stereocenters. The number of Topliss-reactive ketones (excluding diaryl/α,β-unsaturated/α-hetero) is 1. The van der Waals surface area contributed by atoms with Crippen LogP contribution >= 0.6 is 0 Å². The van der Waals surface area contributed by atoms with Crippen LogP contribution in [0.25, 0.3) is 0 Å². The molecular formula is C17H25NO6. The Morgan fingerprint density at radius 2 is 1.83 bits per heavy atom. The summed E-state index contributed by atoms with van der Waals surface area (Å²) in [6.45, 7) is 0.496. The molecule has 0 aromatic heterocycles. The lowest BCUT2D eigenvalue weighted by Gasteiger charge is -2.17. The summed E-state index contributed by atoms with van der Waals surface area (Å²) in [6, 6.07) is 0. The van der Waals surface area contributed by atoms with Crippen LogP contribution in [0.2, 0.25) is 0 Å². The van der Waals surface area contributed by atoms with E-state index < -0.39 is 11.9 Å². The van der Waals surface area contributed by atoms with Gasteiger partial charge in [-0.25, -0.2) is 0 Å². The molecule has 0 aromatic rings. The molecule has 0 spiro atoms. The van der Waals surface area contributed by atoms with Crippen molar-refractivity contribution in [2.45, 2.75) is 57.8 Å². The molecule has 2 N–H and O–H groups in total. The van der Waals surface area contributed by atoms with Crippen molar-refractivity contribution in [1.29, 1.82) is 0 Å². The van der Waals surface area contributed by atoms with E-state index in [2.05, 4.69) is 9.73 Å². The van der Waals surface area contributed by atoms with Crippen LogP contribution in [0.3, 0.4) is 0 Å². The molecule has 0 bridgehead atoms. The second kappa shape index (κ2) is 10.6. The number of esters is 1. The van der Waals surface area contributed by atoms with Gasteiger partial charge in [0.05, 0.1) is 19.1 Å². The number of aliphatic carboxylic acids is 1. The highest BCUT2D eigenvalue weighted by atomic mass is 16.5. The number of carboxylic acids is 1. The number of methoxy groups -OCH3 is 1. The van der Waals surface area contributed by atoms with Gasteiger partial charge in [0.25, 0.3) is 0 Å². The van der Waals surface area contributed by atoms with E-state index in [1.54, 1.807) is 0 Å². The van der Waals surface area contributed by atoms with Gasteiger partial charge < -0.3 is 14.9 Å². The maximum Gasteiger partial charge on any atom is 0.305 e. The van der Waals surface area contributed by atoms with Crippen molar-refractivity contribution in [2.75, 3.05) is 13.7 Å². The number of hydrogen-bond donors (Lipinski definition) is 2. The highest BCUT2D eigenvalue weighted by Crippen LogP contribution is 2.23. The zero-order valence-corrected chi connectivity index (χ0v) is 14.0. The second-order valence-electron chi connectivity index (χ2n) is 5.71. The van der Waals surface area contributed by atoms with E-state index in [0.29, 0.717) is 37.9 Å². The number of rotatable bonds is 9. The fourth-order valence-electron chi connectivity index (χ4n) is 2.54. The third-order valence-corrected chi connectivity index (χ3v) is 3.82. The number of unbranched alkanes of at least 4 members (excludes halogenated alkanes) is 2. The predicted octanol–water partition coefficient (Wildman–Crippen LogP) is 2.59. The van der Waals surface area contributed by atoms with E-state index in [-0.39, 0.29) is 36.4 Å². The molecule has 0 heterocycles. The molecule has 1 rings (SSSR count). The molecule has 0 amide bonds. The Hall–Kier alpha value is -2.18. The standard InChI is InChI=1S/C17H25NO6/c1-24-16(23)10-9-14(20)17-12(6-5-7-13(17)19)18-11-4-2-3-8-15(21)22/h20H,2-11H2,1H3,(H,21,22). The smallest absolute Gasteiger partial charge is 0.305 e. The molecule has 1 saturated carbocycles. The first-order chi connectivity index (χ1) is 11.5. The van der Waals surface area contributed by atoms with Gasteiger partial charge in [-0.3, -0.25) is 19.4 Å². The molecule has 1 fully saturated rings. The van der Waals surface area contributed by atoms with Crippen LogP contribution < -0.4 is 0 Å². The molecule has 1 aliphatic carbocycles. The first kappa shape index (κ1) is 19.9. The minimum Gasteiger partial charge on any atom is -0.511 e. The van der Waals surface area contributed by atoms with E-state index in [0.717, 1.165) is 12.8 Å². The number of allylic oxidation sites excluding steroid dienone is 2. The van der Waals surface area contributed by atoms with Gasteiger partial charge in [0.2, 0.25) is 0 Å². The topological polar surface area (TPSA) is 113 Å². The van der Waals surface area contributed by atoms with Crippen LogP contribution in [0.15, 0.2) is 16.3 Å². The van der Waals surface area contributed by atoms with Gasteiger partial charge in [-0.2, -0.15) is 0 Å². The minimum atomic E-state index is -0.806. The fourth-order valence-corrected chi connectivity index (χ4v) is 2.54. The number of aliphatic hydroxyl groups excluding tert-OH is 1. The summed E-state index contributed by atoms with van der Waals surface area (Å²) in [5.74, 6) is -1.50. The second-order valence-corrected chi connectivity index (χ2v) is 5.71. The van der Waals surface area contributed by atoms with Gasteiger partial charge in [0, 0.05) is 31.5 Å². The minimum absolute atomic E-state index is 0.0155. The molecule has 0 aliphatic heterocycles. The molecule has 24 heavy (non-hydrogen) atoms. The van der Waals surface area contributed by atoms with E-state index >= 15 is 0 Å². The molecule has 7 nitrogen and oxygen atoms in total. The Kier molecular flexibility index (Phi) is 8.75. The van der Waals surface area contributed by atoms with Crippen LogP contribution in [0.4, 0.5) is 0 Å². The molecule has 1 aliphatic rings. The summed E-state index contributed by atoms with van der Waals surface area (Å²) in [7, 11) is 1.27. The van der Waals surface area contributed by atoms with Gasteiger partial charge in [0.15, 0.2) is 5.78 Å². The highest BCUT2D eigenvalue weighted by molar-refractivity contribution is 6.24. The van der Waals surface area contributed by atoms with Crippen LogP contribution in [0.1, 0.15) is 57.8 Å². The lowest BCUT2D eigenvalue weighted by molar-refractivity contribution is -0.140. The van der Waals surface area contributed by atoms with Crippen LogP contribution in [-0.2, 0) is 19.1 Å². The SMILES string of the molecule is COC(=O)CCC(O)=C1C(=O)CCCC1=NCCCCCC(=O)O. The fraction of sp³-hybridized carbons (Fsp3) is 0.647. The van der Waals surface area contributed by atoms with Gasteiger partial charge in [-0.1, -0.05) is 6.42 Å². The van der Waals surface area contributed by atoms with Gasteiger partial charge in [-0.15, -0.1) is 0 Å². The quantitative estimate of drug-likeness (QED) is 0.289. The van der Waals surface area contributed by atoms with Gasteiger partial charge in [-0.05, 0) is 25.7 Å². The summed E-state index contributed by atoms with van der Waals surface area (Å²) in [6.07, 6.45) is 4.01. The molecular weight excluding hydrogens is 314 g/mol. The number of aliphatic imine (C=N–C) groups is 1. The monoisotopic (exact) mass is 339 g/mol. The summed E-state index contributed by atoms with van der Waals surface area (Å²) >= 11 is 0. The zero-order valence-electron chi connectivity index (χ0n) is 14.0. The number of ketones is 1. The van der Waals surface area contributed by atoms with Crippen LogP contribution in [0, 0.1) is 0 Å². The van der Waals surface area contributed by atoms with Crippen molar-refractivity contribution >= 4 is 23.4 Å². The van der Waals surface area contributed by atoms with E-state index in [1.165, 1.54) is 7.11 Å². The molecule has 134 valence electrons. The number of ether oxygens (including phenoxy) is 1. The van der Waals surface area contributed by atoms with E-state index in [1.807, 2.05) is 0 Å². The largest absolute Gasteiger partial charge is 0.511 e. The number of carbonyl (C=O) groups is 3. The maximum absolute atomic E-state index is 12.1. The number of aliphatic hydroxyl groups is 1. The van der Waals surface area contributed by atoms with Crippen LogP contribution in [0.5, 0.6) is 0 Å². The third-order valence-electron chi connectivity index (χ3n) is 3.82. The van der Waals surface area contributed by atoms with Crippen molar-refractivity contribution in [2.24, 2.45) is 4.99 Å². The average molecular weight is 339 g/mol. The van der Waals surface area contributed by atoms with E-state index in [4.69, 9.17) is 5.11 Å². The number of carboxylic acid groups (broad SMARTS) is 1. The first-order valence-corrected chi connectivity index (χ1v) is 8.23. The lowest BCUT2D eigenvalue weighted by Crippen LogP contribution is -2.22. The van der Waals surface area contributed by atoms with Crippen molar-refractivity contribution < 1.29 is 29.3 Å². The molecule has 0 saturated heterocycles. The molecule has 0 radical (unpaired) electrons. The van der Waals surface area contributed by atoms with Gasteiger partial charge in [0.1, 0.15) is 5.76 Å². The normalized spacial score (nSPS) is 18.5. The number of carbonyl (C=O) groups excluding carboxylic acids is 2. The predicted molar refractivity (Wildman–Crippen MR) is 88.2 cm³/mol. The average Bonchev–Trinajstić information content (AvgIpc) is 2.55. The van der Waals surface area contributed by atoms with Crippen molar-refractivity contribution in [1.82, 2.24) is 0 Å². The summed E-state index contributed by atoms with van der Waals surface area (Å²) < 4.78 is 4.53. The van der Waals surface area contributed by atoms with Crippen molar-refractivity contribution in [3.05, 3.63) is 11.3 Å². The Bertz CT molecular complexity index is 535. The Morgan fingerprint density at radius 3 is 2.50 bits per heavy atom.